The van der Waals surface area contributed by atoms with Crippen LogP contribution in [0.5, 0.6) is 0 Å². The van der Waals surface area contributed by atoms with Crippen LogP contribution in [-0.2, 0) is 0 Å². The summed E-state index contributed by atoms with van der Waals surface area (Å²) in [6.07, 6.45) is 4.46. The predicted molar refractivity (Wildman–Crippen MR) is 84.5 cm³/mol. The van der Waals surface area contributed by atoms with Crippen molar-refractivity contribution in [2.75, 3.05) is 5.01 Å². The van der Waals surface area contributed by atoms with Crippen LogP contribution in [0.15, 0.2) is 79.3 Å². The van der Waals surface area contributed by atoms with Crippen molar-refractivity contribution in [1.82, 2.24) is 15.4 Å². The van der Waals surface area contributed by atoms with E-state index in [-0.39, 0.29) is 11.6 Å². The lowest BCUT2D eigenvalue weighted by Gasteiger charge is -2.25. The average Bonchev–Trinajstić information content (AvgIpc) is 2.62. The highest BCUT2D eigenvalue weighted by Crippen LogP contribution is 2.22. The van der Waals surface area contributed by atoms with E-state index in [0.717, 1.165) is 11.4 Å². The van der Waals surface area contributed by atoms with Crippen LogP contribution in [0.2, 0.25) is 0 Å². The van der Waals surface area contributed by atoms with Crippen LogP contribution >= 0.6 is 0 Å². The minimum absolute atomic E-state index is 0.263. The van der Waals surface area contributed by atoms with Gasteiger partial charge in [-0.2, -0.15) is 0 Å². The quantitative estimate of drug-likeness (QED) is 0.751. The molecule has 0 radical (unpaired) electrons. The summed E-state index contributed by atoms with van der Waals surface area (Å²) in [5.74, 6) is -0.319. The van der Waals surface area contributed by atoms with Crippen LogP contribution in [0, 0.1) is 0 Å². The molecule has 3 aromatic rings. The maximum atomic E-state index is 12.3. The largest absolute Gasteiger partial charge is 0.290 e. The standard InChI is InChI=1S/C17H14N4O/c22-17(16-13-18-11-12-19-16)20-21(14-7-3-1-4-8-14)15-9-5-2-6-10-15/h1-13H,(H,20,22). The summed E-state index contributed by atoms with van der Waals surface area (Å²) in [5, 5.41) is 1.72. The number of amides is 1. The Balaban J connectivity index is 1.91. The van der Waals surface area contributed by atoms with E-state index in [1.807, 2.05) is 60.7 Å². The van der Waals surface area contributed by atoms with E-state index in [4.69, 9.17) is 0 Å². The molecule has 0 unspecified atom stereocenters. The zero-order valence-electron chi connectivity index (χ0n) is 11.8. The Morgan fingerprint density at radius 1 is 0.864 bits per heavy atom. The molecule has 5 heteroatoms. The van der Waals surface area contributed by atoms with E-state index in [2.05, 4.69) is 15.4 Å². The smallest absolute Gasteiger partial charge is 0.266 e. The van der Waals surface area contributed by atoms with E-state index in [1.54, 1.807) is 5.01 Å². The van der Waals surface area contributed by atoms with Crippen molar-refractivity contribution >= 4 is 17.3 Å². The van der Waals surface area contributed by atoms with Gasteiger partial charge in [-0.05, 0) is 24.3 Å². The number of nitrogens with one attached hydrogen (secondary N) is 1. The molecule has 0 atom stereocenters. The number of rotatable bonds is 4. The van der Waals surface area contributed by atoms with Crippen LogP contribution in [0.3, 0.4) is 0 Å². The molecule has 0 aliphatic carbocycles. The molecule has 0 aliphatic heterocycles. The lowest BCUT2D eigenvalue weighted by Crippen LogP contribution is -2.39. The number of aromatic nitrogens is 2. The first-order chi connectivity index (χ1) is 10.8. The van der Waals surface area contributed by atoms with Gasteiger partial charge in [-0.3, -0.25) is 20.2 Å². The molecular formula is C17H14N4O. The molecule has 1 amide bonds. The Hall–Kier alpha value is -3.21. The number of para-hydroxylation sites is 2. The third-order valence-corrected chi connectivity index (χ3v) is 3.04. The normalized spacial score (nSPS) is 10.0. The number of benzene rings is 2. The van der Waals surface area contributed by atoms with Crippen molar-refractivity contribution in [3.63, 3.8) is 0 Å². The Morgan fingerprint density at radius 3 is 1.95 bits per heavy atom. The summed E-state index contributed by atoms with van der Waals surface area (Å²) in [7, 11) is 0. The van der Waals surface area contributed by atoms with Crippen molar-refractivity contribution < 1.29 is 4.79 Å². The van der Waals surface area contributed by atoms with Crippen LogP contribution in [0.1, 0.15) is 10.5 Å². The molecule has 5 nitrogen and oxygen atoms in total. The van der Waals surface area contributed by atoms with Gasteiger partial charge in [-0.25, -0.2) is 4.98 Å². The first-order valence-corrected chi connectivity index (χ1v) is 6.82. The summed E-state index contributed by atoms with van der Waals surface area (Å²) in [6.45, 7) is 0. The molecular weight excluding hydrogens is 276 g/mol. The predicted octanol–water partition coefficient (Wildman–Crippen LogP) is 2.96. The third kappa shape index (κ3) is 3.09. The number of carbonyl (C=O) groups excluding carboxylic acids is 1. The summed E-state index contributed by atoms with van der Waals surface area (Å²) < 4.78 is 0. The minimum Gasteiger partial charge on any atom is -0.266 e. The zero-order valence-corrected chi connectivity index (χ0v) is 11.8. The number of nitrogens with zero attached hydrogens (tertiary/aromatic N) is 3. The first-order valence-electron chi connectivity index (χ1n) is 6.82. The van der Waals surface area contributed by atoms with Crippen LogP contribution in [0.4, 0.5) is 11.4 Å². The second-order valence-corrected chi connectivity index (χ2v) is 4.54. The Kier molecular flexibility index (Phi) is 4.06. The first kappa shape index (κ1) is 13.8. The van der Waals surface area contributed by atoms with Crippen molar-refractivity contribution in [2.24, 2.45) is 0 Å². The number of hydrogen-bond acceptors (Lipinski definition) is 4. The van der Waals surface area contributed by atoms with E-state index in [1.165, 1.54) is 18.6 Å². The summed E-state index contributed by atoms with van der Waals surface area (Å²) in [6, 6.07) is 19.2. The van der Waals surface area contributed by atoms with Gasteiger partial charge in [0, 0.05) is 12.4 Å². The Morgan fingerprint density at radius 2 is 1.45 bits per heavy atom. The molecule has 0 aliphatic rings. The van der Waals surface area contributed by atoms with Gasteiger partial charge >= 0.3 is 0 Å². The number of hydrogen-bond donors (Lipinski definition) is 1. The average molecular weight is 290 g/mol. The fraction of sp³-hybridized carbons (Fsp3) is 0. The molecule has 1 N–H and O–H groups in total. The van der Waals surface area contributed by atoms with Gasteiger partial charge in [-0.15, -0.1) is 0 Å². The van der Waals surface area contributed by atoms with E-state index < -0.39 is 0 Å². The molecule has 0 saturated heterocycles. The Bertz CT molecular complexity index is 693. The second kappa shape index (κ2) is 6.49. The van der Waals surface area contributed by atoms with Crippen molar-refractivity contribution in [3.8, 4) is 0 Å². The second-order valence-electron chi connectivity index (χ2n) is 4.54. The van der Waals surface area contributed by atoms with Crippen LogP contribution in [0.25, 0.3) is 0 Å². The van der Waals surface area contributed by atoms with Crippen molar-refractivity contribution in [1.29, 1.82) is 0 Å². The topological polar surface area (TPSA) is 58.1 Å². The van der Waals surface area contributed by atoms with Gasteiger partial charge < -0.3 is 0 Å². The molecule has 0 saturated carbocycles. The number of hydrazine groups is 1. The summed E-state index contributed by atoms with van der Waals surface area (Å²) >= 11 is 0. The maximum absolute atomic E-state index is 12.3. The van der Waals surface area contributed by atoms with Crippen LogP contribution < -0.4 is 10.4 Å². The fourth-order valence-corrected chi connectivity index (χ4v) is 2.01. The molecule has 108 valence electrons. The van der Waals surface area contributed by atoms with Crippen molar-refractivity contribution in [3.05, 3.63) is 84.9 Å². The van der Waals surface area contributed by atoms with Gasteiger partial charge in [0.15, 0.2) is 0 Å². The molecule has 0 spiro atoms. The molecule has 0 fully saturated rings. The lowest BCUT2D eigenvalue weighted by atomic mass is 10.2. The highest BCUT2D eigenvalue weighted by atomic mass is 16.2. The SMILES string of the molecule is O=C(NN(c1ccccc1)c1ccccc1)c1cnccn1. The van der Waals surface area contributed by atoms with Gasteiger partial charge in [0.1, 0.15) is 5.69 Å². The van der Waals surface area contributed by atoms with E-state index in [0.29, 0.717) is 0 Å². The molecule has 1 heterocycles. The maximum Gasteiger partial charge on any atom is 0.290 e. The van der Waals surface area contributed by atoms with Gasteiger partial charge in [0.2, 0.25) is 0 Å². The van der Waals surface area contributed by atoms with Crippen molar-refractivity contribution in [2.45, 2.75) is 0 Å². The zero-order chi connectivity index (χ0) is 15.2. The number of carbonyl (C=O) groups is 1. The fourth-order valence-electron chi connectivity index (χ4n) is 2.01. The third-order valence-electron chi connectivity index (χ3n) is 3.04. The van der Waals surface area contributed by atoms with E-state index in [9.17, 15) is 4.79 Å². The minimum atomic E-state index is -0.319. The molecule has 0 bridgehead atoms. The molecule has 22 heavy (non-hydrogen) atoms. The molecule has 3 rings (SSSR count). The monoisotopic (exact) mass is 290 g/mol. The van der Waals surface area contributed by atoms with Gasteiger partial charge in [-0.1, -0.05) is 36.4 Å². The van der Waals surface area contributed by atoms with Crippen LogP contribution in [-0.4, -0.2) is 15.9 Å². The van der Waals surface area contributed by atoms with Gasteiger partial charge in [0.25, 0.3) is 5.91 Å². The molecule has 1 aromatic heterocycles. The lowest BCUT2D eigenvalue weighted by molar-refractivity contribution is 0.0948. The Labute approximate surface area is 128 Å². The molecule has 2 aromatic carbocycles. The number of anilines is 2. The summed E-state index contributed by atoms with van der Waals surface area (Å²) in [5.41, 5.74) is 4.83. The summed E-state index contributed by atoms with van der Waals surface area (Å²) in [4.78, 5) is 20.3. The highest BCUT2D eigenvalue weighted by Gasteiger charge is 2.14. The highest BCUT2D eigenvalue weighted by molar-refractivity contribution is 5.93. The van der Waals surface area contributed by atoms with Gasteiger partial charge in [0.05, 0.1) is 17.6 Å². The van der Waals surface area contributed by atoms with E-state index >= 15 is 0 Å².